The summed E-state index contributed by atoms with van der Waals surface area (Å²) in [5, 5.41) is 3.18. The van der Waals surface area contributed by atoms with Crippen LogP contribution in [0.25, 0.3) is 0 Å². The van der Waals surface area contributed by atoms with Crippen molar-refractivity contribution in [3.63, 3.8) is 0 Å². The monoisotopic (exact) mass is 242 g/mol. The molecule has 0 spiro atoms. The highest BCUT2D eigenvalue weighted by molar-refractivity contribution is 5.81. The topological polar surface area (TPSA) is 50.8 Å². The van der Waals surface area contributed by atoms with Crippen molar-refractivity contribution in [3.05, 3.63) is 0 Å². The fourth-order valence-electron chi connectivity index (χ4n) is 2.34. The minimum absolute atomic E-state index is 0.0928. The van der Waals surface area contributed by atoms with Crippen LogP contribution in [-0.2, 0) is 14.3 Å². The Morgan fingerprint density at radius 2 is 2.29 bits per heavy atom. The molecule has 0 aromatic rings. The number of nitrogens with zero attached hydrogens (tertiary/aromatic N) is 1. The third kappa shape index (κ3) is 3.40. The lowest BCUT2D eigenvalue weighted by atomic mass is 10.2. The molecule has 2 atom stereocenters. The maximum absolute atomic E-state index is 12.2. The Hall–Kier alpha value is -0.650. The molecule has 0 aromatic carbocycles. The van der Waals surface area contributed by atoms with Crippen LogP contribution in [0, 0.1) is 0 Å². The average Bonchev–Trinajstić information content (AvgIpc) is 2.89. The first-order valence-electron chi connectivity index (χ1n) is 6.54. The highest BCUT2D eigenvalue weighted by atomic mass is 16.5. The molecule has 0 saturated carbocycles. The van der Waals surface area contributed by atoms with Gasteiger partial charge in [0, 0.05) is 32.8 Å². The van der Waals surface area contributed by atoms with E-state index in [1.807, 2.05) is 11.8 Å². The van der Waals surface area contributed by atoms with Gasteiger partial charge in [-0.1, -0.05) is 0 Å². The zero-order valence-corrected chi connectivity index (χ0v) is 10.5. The Morgan fingerprint density at radius 1 is 1.41 bits per heavy atom. The second-order valence-corrected chi connectivity index (χ2v) is 4.58. The average molecular weight is 242 g/mol. The first-order valence-corrected chi connectivity index (χ1v) is 6.54. The van der Waals surface area contributed by atoms with Crippen molar-refractivity contribution in [3.8, 4) is 0 Å². The minimum atomic E-state index is -0.315. The van der Waals surface area contributed by atoms with E-state index in [0.29, 0.717) is 19.7 Å². The van der Waals surface area contributed by atoms with Crippen LogP contribution in [0.3, 0.4) is 0 Å². The standard InChI is InChI=1S/C12H22N2O3/c1-2-14(9-10-4-3-6-16-10)12(15)11-8-13-5-7-17-11/h10-11,13H,2-9H2,1H3. The first kappa shape index (κ1) is 12.8. The fourth-order valence-corrected chi connectivity index (χ4v) is 2.34. The molecule has 2 heterocycles. The molecule has 2 aliphatic heterocycles. The van der Waals surface area contributed by atoms with Crippen LogP contribution in [0.5, 0.6) is 0 Å². The van der Waals surface area contributed by atoms with Gasteiger partial charge in [0.1, 0.15) is 6.10 Å². The number of nitrogens with one attached hydrogen (secondary N) is 1. The summed E-state index contributed by atoms with van der Waals surface area (Å²) in [5.41, 5.74) is 0. The molecule has 1 N–H and O–H groups in total. The Kier molecular flexibility index (Phi) is 4.76. The maximum Gasteiger partial charge on any atom is 0.253 e. The molecule has 5 heteroatoms. The zero-order chi connectivity index (χ0) is 12.1. The molecule has 5 nitrogen and oxygen atoms in total. The van der Waals surface area contributed by atoms with E-state index in [1.54, 1.807) is 0 Å². The third-order valence-electron chi connectivity index (χ3n) is 3.34. The lowest BCUT2D eigenvalue weighted by molar-refractivity contribution is -0.146. The Bertz CT molecular complexity index is 248. The summed E-state index contributed by atoms with van der Waals surface area (Å²) in [6.07, 6.45) is 2.08. The molecule has 2 rings (SSSR count). The van der Waals surface area contributed by atoms with Gasteiger partial charge < -0.3 is 19.7 Å². The number of rotatable bonds is 4. The van der Waals surface area contributed by atoms with Crippen LogP contribution < -0.4 is 5.32 Å². The lowest BCUT2D eigenvalue weighted by Crippen LogP contribution is -2.50. The van der Waals surface area contributed by atoms with E-state index in [0.717, 1.165) is 32.5 Å². The molecule has 0 aromatic heterocycles. The number of carbonyl (C=O) groups excluding carboxylic acids is 1. The lowest BCUT2D eigenvalue weighted by Gasteiger charge is -2.30. The van der Waals surface area contributed by atoms with Gasteiger partial charge in [0.05, 0.1) is 12.7 Å². The van der Waals surface area contributed by atoms with Gasteiger partial charge in [-0.05, 0) is 19.8 Å². The van der Waals surface area contributed by atoms with E-state index in [9.17, 15) is 4.79 Å². The molecule has 2 fully saturated rings. The zero-order valence-electron chi connectivity index (χ0n) is 10.5. The smallest absolute Gasteiger partial charge is 0.253 e. The van der Waals surface area contributed by atoms with Gasteiger partial charge in [0.2, 0.25) is 0 Å². The molecular formula is C12H22N2O3. The van der Waals surface area contributed by atoms with Crippen molar-refractivity contribution in [1.82, 2.24) is 10.2 Å². The molecule has 2 saturated heterocycles. The molecule has 0 radical (unpaired) electrons. The highest BCUT2D eigenvalue weighted by Crippen LogP contribution is 2.14. The minimum Gasteiger partial charge on any atom is -0.376 e. The van der Waals surface area contributed by atoms with Crippen LogP contribution in [0.1, 0.15) is 19.8 Å². The quantitative estimate of drug-likeness (QED) is 0.754. The van der Waals surface area contributed by atoms with E-state index >= 15 is 0 Å². The van der Waals surface area contributed by atoms with Crippen LogP contribution >= 0.6 is 0 Å². The largest absolute Gasteiger partial charge is 0.376 e. The van der Waals surface area contributed by atoms with Gasteiger partial charge in [0.15, 0.2) is 0 Å². The van der Waals surface area contributed by atoms with Crippen molar-refractivity contribution < 1.29 is 14.3 Å². The third-order valence-corrected chi connectivity index (χ3v) is 3.34. The molecule has 1 amide bonds. The Balaban J connectivity index is 1.84. The Morgan fingerprint density at radius 3 is 2.88 bits per heavy atom. The molecule has 2 aliphatic rings. The molecular weight excluding hydrogens is 220 g/mol. The molecule has 2 unspecified atom stereocenters. The molecule has 17 heavy (non-hydrogen) atoms. The highest BCUT2D eigenvalue weighted by Gasteiger charge is 2.28. The second kappa shape index (κ2) is 6.33. The van der Waals surface area contributed by atoms with Crippen LogP contribution in [0.15, 0.2) is 0 Å². The fraction of sp³-hybridized carbons (Fsp3) is 0.917. The predicted molar refractivity (Wildman–Crippen MR) is 63.8 cm³/mol. The van der Waals surface area contributed by atoms with Gasteiger partial charge in [0.25, 0.3) is 5.91 Å². The number of likely N-dealkylation sites (N-methyl/N-ethyl adjacent to an activating group) is 1. The molecule has 98 valence electrons. The van der Waals surface area contributed by atoms with Gasteiger partial charge in [-0.25, -0.2) is 0 Å². The Labute approximate surface area is 102 Å². The summed E-state index contributed by atoms with van der Waals surface area (Å²) in [4.78, 5) is 14.1. The first-order chi connectivity index (χ1) is 8.31. The van der Waals surface area contributed by atoms with Crippen LogP contribution in [0.2, 0.25) is 0 Å². The van der Waals surface area contributed by atoms with Crippen molar-refractivity contribution in [2.45, 2.75) is 32.0 Å². The van der Waals surface area contributed by atoms with E-state index < -0.39 is 0 Å². The number of carbonyl (C=O) groups is 1. The number of hydrogen-bond donors (Lipinski definition) is 1. The summed E-state index contributed by atoms with van der Waals surface area (Å²) in [7, 11) is 0. The van der Waals surface area contributed by atoms with Gasteiger partial charge in [-0.2, -0.15) is 0 Å². The van der Waals surface area contributed by atoms with E-state index in [2.05, 4.69) is 5.32 Å². The van der Waals surface area contributed by atoms with E-state index in [4.69, 9.17) is 9.47 Å². The maximum atomic E-state index is 12.2. The second-order valence-electron chi connectivity index (χ2n) is 4.58. The number of amides is 1. The van der Waals surface area contributed by atoms with Crippen molar-refractivity contribution in [2.24, 2.45) is 0 Å². The number of hydrogen-bond acceptors (Lipinski definition) is 4. The van der Waals surface area contributed by atoms with Crippen molar-refractivity contribution in [1.29, 1.82) is 0 Å². The summed E-state index contributed by atoms with van der Waals surface area (Å²) < 4.78 is 11.1. The number of ether oxygens (including phenoxy) is 2. The van der Waals surface area contributed by atoms with Gasteiger partial charge in [-0.3, -0.25) is 4.79 Å². The van der Waals surface area contributed by atoms with E-state index in [-0.39, 0.29) is 18.1 Å². The number of morpholine rings is 1. The van der Waals surface area contributed by atoms with Gasteiger partial charge in [-0.15, -0.1) is 0 Å². The summed E-state index contributed by atoms with van der Waals surface area (Å²) in [6.45, 7) is 6.34. The summed E-state index contributed by atoms with van der Waals surface area (Å²) >= 11 is 0. The summed E-state index contributed by atoms with van der Waals surface area (Å²) in [5.74, 6) is 0.0928. The van der Waals surface area contributed by atoms with Crippen molar-refractivity contribution >= 4 is 5.91 Å². The van der Waals surface area contributed by atoms with Crippen LogP contribution in [-0.4, -0.2) is 62.4 Å². The predicted octanol–water partition coefficient (Wildman–Crippen LogP) is 0.00230. The summed E-state index contributed by atoms with van der Waals surface area (Å²) in [6, 6.07) is 0. The SMILES string of the molecule is CCN(CC1CCCO1)C(=O)C1CNCCO1. The molecule has 0 aliphatic carbocycles. The van der Waals surface area contributed by atoms with Crippen molar-refractivity contribution in [2.75, 3.05) is 39.4 Å². The van der Waals surface area contributed by atoms with E-state index in [1.165, 1.54) is 0 Å². The van der Waals surface area contributed by atoms with Crippen LogP contribution in [0.4, 0.5) is 0 Å². The van der Waals surface area contributed by atoms with Gasteiger partial charge >= 0.3 is 0 Å². The molecule has 0 bridgehead atoms. The normalized spacial score (nSPS) is 29.2.